The molecule has 0 radical (unpaired) electrons. The van der Waals surface area contributed by atoms with Gasteiger partial charge in [0, 0.05) is 47.0 Å². The van der Waals surface area contributed by atoms with Gasteiger partial charge in [0.2, 0.25) is 47.4 Å². The first-order valence-electron chi connectivity index (χ1n) is 35.7. The fourth-order valence-electron chi connectivity index (χ4n) is 14.2. The predicted molar refractivity (Wildman–Crippen MR) is 346 cm³/mol. The van der Waals surface area contributed by atoms with Crippen molar-refractivity contribution in [1.29, 1.82) is 0 Å². The molecular formula is C63H100N5O47-3. The zero-order chi connectivity index (χ0) is 86.0. The highest BCUT2D eigenvalue weighted by Crippen LogP contribution is 2.43. The minimum atomic E-state index is -3.66. The number of ether oxygens (including phenoxy) is 14. The van der Waals surface area contributed by atoms with Crippen molar-refractivity contribution in [3.8, 4) is 0 Å². The smallest absolute Gasteiger partial charge is 0.217 e. The second kappa shape index (κ2) is 41.5. The van der Waals surface area contributed by atoms with Crippen LogP contribution < -0.4 is 41.9 Å². The van der Waals surface area contributed by atoms with E-state index in [2.05, 4.69) is 26.6 Å². The highest BCUT2D eigenvalue weighted by atomic mass is 16.8. The molecular weight excluding hydrogens is 1580 g/mol. The Morgan fingerprint density at radius 1 is 0.435 bits per heavy atom. The molecule has 0 aromatic heterocycles. The third-order valence-corrected chi connectivity index (χ3v) is 20.0. The van der Waals surface area contributed by atoms with Crippen LogP contribution in [0, 0.1) is 0 Å². The number of aliphatic carboxylic acids is 3. The van der Waals surface area contributed by atoms with Crippen molar-refractivity contribution in [2.75, 3.05) is 59.5 Å². The molecule has 7 aliphatic heterocycles. The minimum absolute atomic E-state index is 0.209. The van der Waals surface area contributed by atoms with Crippen LogP contribution in [0.4, 0.5) is 0 Å². The van der Waals surface area contributed by atoms with Crippen LogP contribution in [-0.4, -0.2) is 457 Å². The van der Waals surface area contributed by atoms with Gasteiger partial charge < -0.3 is 235 Å². The number of hydrogen-bond donors (Lipinski definition) is 27. The van der Waals surface area contributed by atoms with E-state index in [4.69, 9.17) is 66.3 Å². The SMILES string of the molecule is CC(=O)N[C@H]1[C@H](O[C@@H]2[C@H](O)[C@@H](O)[C@H](O[C@H]3[C@H](O)[C@@H](O)[C@H](OC[C@@H](CO)NC=O)O[C@@H]3CO)O[C@@H]2CO)O[C@H](CO[C@]2(C(=O)[O-])C[C@H](O)[C@@H](NC(C)=O)[C@H]([C@H](O)[C@@H](CO)O[C@]3(C(=O)[O-])C[C@H](O)[C@@H](NC(C)=O)[C@H]([C@H](O)[C@H](O)CO)O3)O2)[C@H](O)[C@@H]1O[C@@H]1O[C@H](CO)[C@H](O)[C@H](O[C@]2(C(=O)[O-])C[C@H](O)[C@@H](NC(C)=O)[C@H]([C@H](O)[C@H](O)CO)O2)[C@H]1O. The summed E-state index contributed by atoms with van der Waals surface area (Å²) in [5.41, 5.74) is 0. The number of carboxylic acids is 3. The van der Waals surface area contributed by atoms with Gasteiger partial charge in [-0.3, -0.25) is 24.0 Å². The monoisotopic (exact) mass is 1680 g/mol. The molecule has 27 N–H and O–H groups in total. The van der Waals surface area contributed by atoms with Gasteiger partial charge in [-0.2, -0.15) is 0 Å². The van der Waals surface area contributed by atoms with E-state index in [0.29, 0.717) is 0 Å². The van der Waals surface area contributed by atoms with E-state index in [-0.39, 0.29) is 6.41 Å². The van der Waals surface area contributed by atoms with E-state index in [1.54, 1.807) is 0 Å². The molecule has 5 amide bonds. The van der Waals surface area contributed by atoms with Gasteiger partial charge in [0.05, 0.1) is 102 Å². The fourth-order valence-corrected chi connectivity index (χ4v) is 14.2. The molecule has 0 aromatic carbocycles. The molecule has 7 heterocycles. The molecule has 39 atom stereocenters. The zero-order valence-corrected chi connectivity index (χ0v) is 61.4. The van der Waals surface area contributed by atoms with Crippen LogP contribution >= 0.6 is 0 Å². The van der Waals surface area contributed by atoms with Gasteiger partial charge in [-0.15, -0.1) is 0 Å². The molecule has 7 rings (SSSR count). The molecule has 0 spiro atoms. The Kier molecular flexibility index (Phi) is 34.8. The number of aliphatic hydroxyl groups excluding tert-OH is 22. The maximum Gasteiger partial charge on any atom is 0.217 e. The van der Waals surface area contributed by atoms with Crippen LogP contribution in [0.1, 0.15) is 47.0 Å². The largest absolute Gasteiger partial charge is 0.544 e. The third-order valence-electron chi connectivity index (χ3n) is 20.0. The Bertz CT molecular complexity index is 3200. The second-order valence-corrected chi connectivity index (χ2v) is 28.2. The molecule has 0 saturated carbocycles. The highest BCUT2D eigenvalue weighted by Gasteiger charge is 2.63. The van der Waals surface area contributed by atoms with E-state index >= 15 is 0 Å². The number of nitrogens with one attached hydrogen (secondary N) is 5. The van der Waals surface area contributed by atoms with Crippen LogP contribution in [0.3, 0.4) is 0 Å². The van der Waals surface area contributed by atoms with Crippen molar-refractivity contribution < 1.29 is 232 Å². The van der Waals surface area contributed by atoms with Crippen LogP contribution in [0.2, 0.25) is 0 Å². The lowest BCUT2D eigenvalue weighted by Crippen LogP contribution is -2.73. The van der Waals surface area contributed by atoms with E-state index in [0.717, 1.165) is 27.7 Å². The summed E-state index contributed by atoms with van der Waals surface area (Å²) < 4.78 is 80.7. The molecule has 52 nitrogen and oxygen atoms in total. The Hall–Kier alpha value is -5.68. The predicted octanol–water partition coefficient (Wildman–Crippen LogP) is -23.0. The van der Waals surface area contributed by atoms with Crippen molar-refractivity contribution in [2.45, 2.75) is 284 Å². The Morgan fingerprint density at radius 2 is 0.817 bits per heavy atom. The van der Waals surface area contributed by atoms with Crippen molar-refractivity contribution in [1.82, 2.24) is 26.6 Å². The molecule has 662 valence electrons. The summed E-state index contributed by atoms with van der Waals surface area (Å²) in [7, 11) is 0. The molecule has 0 unspecified atom stereocenters. The van der Waals surface area contributed by atoms with Gasteiger partial charge in [-0.1, -0.05) is 0 Å². The Morgan fingerprint density at radius 3 is 1.26 bits per heavy atom. The molecule has 0 aliphatic carbocycles. The number of amides is 5. The van der Waals surface area contributed by atoms with Crippen LogP contribution in [0.25, 0.3) is 0 Å². The van der Waals surface area contributed by atoms with Crippen molar-refractivity contribution in [3.63, 3.8) is 0 Å². The van der Waals surface area contributed by atoms with E-state index in [1.165, 1.54) is 0 Å². The lowest BCUT2D eigenvalue weighted by atomic mass is 9.87. The highest BCUT2D eigenvalue weighted by molar-refractivity contribution is 5.77. The third kappa shape index (κ3) is 21.9. The number of carbonyl (C=O) groups excluding carboxylic acids is 8. The van der Waals surface area contributed by atoms with Gasteiger partial charge in [0.1, 0.15) is 170 Å². The normalized spacial score (nSPS) is 41.7. The Balaban J connectivity index is 1.28. The summed E-state index contributed by atoms with van der Waals surface area (Å²) in [6.07, 6.45) is -77.2. The summed E-state index contributed by atoms with van der Waals surface area (Å²) in [4.78, 5) is 102. The minimum Gasteiger partial charge on any atom is -0.544 e. The van der Waals surface area contributed by atoms with E-state index in [9.17, 15) is 166 Å². The Labute approximate surface area is 649 Å². The van der Waals surface area contributed by atoms with Crippen LogP contribution in [-0.2, 0) is 105 Å². The standard InChI is InChI=1S/C63H103N5O47/c1-18(77)65-33-24(82)6-62(59(98)99,113-50(33)37(86)26(84)9-70)111-29(12-73)40(89)52-35(67-20(3)79)23(81)5-61(112-52,58(96)97)103-16-32-41(90)49(110-57-46(95)53(39(88)28(11-72)104-57)115-63(60(100)101)7-25(83)34(66-19(2)78)51(114-63)38(87)27(85)10-71)36(68-21(4)80)54(107-32)108-47-31(14-75)106-56(45(94)43(47)92)109-48-30(13-74)105-55(44(93)42(48)91)102-15-22(8-69)64-17-76/h17,22-57,69-75,81-95H,5-16H2,1-4H3,(H,64,76)(H,65,77)(H,66,78)(H,67,79)(H,68,80)(H,96,97)(H,98,99)(H,100,101)/p-3/t22-,23+,24+,25+,26-,27-,28-,29-,30-,31-,32-,33-,34-,35-,36-,37-,38-,39+,40-,41+,42-,43-,44-,45-,46-,47+,48-,49-,50-,51-,52-,53+,54+,55-,56+,57+,61-,62-,63+/m1/s1. The summed E-state index contributed by atoms with van der Waals surface area (Å²) >= 11 is 0. The maximum absolute atomic E-state index is 13.8. The molecule has 7 fully saturated rings. The quantitative estimate of drug-likeness (QED) is 0.0255. The van der Waals surface area contributed by atoms with E-state index in [1.807, 2.05) is 0 Å². The average molecular weight is 1680 g/mol. The van der Waals surface area contributed by atoms with Crippen LogP contribution in [0.5, 0.6) is 0 Å². The van der Waals surface area contributed by atoms with Crippen LogP contribution in [0.15, 0.2) is 0 Å². The van der Waals surface area contributed by atoms with Crippen molar-refractivity contribution >= 4 is 47.9 Å². The molecule has 0 bridgehead atoms. The first-order valence-corrected chi connectivity index (χ1v) is 35.7. The number of carboxylic acid groups (broad SMARTS) is 3. The molecule has 7 saturated heterocycles. The first kappa shape index (κ1) is 96.5. The fraction of sp³-hybridized carbons (Fsp3) is 0.873. The second-order valence-electron chi connectivity index (χ2n) is 28.2. The van der Waals surface area contributed by atoms with Gasteiger partial charge in [0.15, 0.2) is 25.2 Å². The van der Waals surface area contributed by atoms with Gasteiger partial charge in [-0.05, 0) is 0 Å². The topological polar surface area (TPSA) is 840 Å². The summed E-state index contributed by atoms with van der Waals surface area (Å²) in [5.74, 6) is -22.5. The molecule has 115 heavy (non-hydrogen) atoms. The summed E-state index contributed by atoms with van der Waals surface area (Å²) in [6.45, 7) is -7.40. The zero-order valence-electron chi connectivity index (χ0n) is 61.4. The first-order chi connectivity index (χ1) is 54.0. The molecule has 0 aromatic rings. The number of carbonyl (C=O) groups is 8. The summed E-state index contributed by atoms with van der Waals surface area (Å²) in [6, 6.07) is -9.20. The molecule has 7 aliphatic rings. The molecule has 52 heteroatoms. The lowest BCUT2D eigenvalue weighted by Gasteiger charge is -2.53. The maximum atomic E-state index is 13.8. The van der Waals surface area contributed by atoms with E-state index < -0.39 is 358 Å². The van der Waals surface area contributed by atoms with Crippen molar-refractivity contribution in [2.24, 2.45) is 0 Å². The van der Waals surface area contributed by atoms with Gasteiger partial charge in [0.25, 0.3) is 0 Å². The number of rotatable bonds is 38. The number of hydrogen-bond acceptors (Lipinski definition) is 47. The lowest BCUT2D eigenvalue weighted by molar-refractivity contribution is -0.412. The van der Waals surface area contributed by atoms with Gasteiger partial charge in [-0.25, -0.2) is 0 Å². The number of aliphatic hydroxyl groups is 22. The summed E-state index contributed by atoms with van der Waals surface area (Å²) in [5, 5.41) is 295. The van der Waals surface area contributed by atoms with Crippen molar-refractivity contribution in [3.05, 3.63) is 0 Å². The van der Waals surface area contributed by atoms with Gasteiger partial charge >= 0.3 is 0 Å². The average Bonchev–Trinajstić information content (AvgIpc) is 0.757.